The number of hydrogen-bond acceptors (Lipinski definition) is 5. The average Bonchev–Trinajstić information content (AvgIpc) is 3.68. The molecule has 5 heteroatoms. The Balaban J connectivity index is 1.03. The Labute approximate surface area is 335 Å². The SMILES string of the molecule is c1ccc(N(c2ccccc2)c2ccc(-c3ccc4c(c3)oc3cccc(-c5nc(-c6cccc7ccccc67)nc(-c6cccc7ccccc67)n5)c34)cc2)cc1. The van der Waals surface area contributed by atoms with Crippen LogP contribution >= 0.6 is 0 Å². The lowest BCUT2D eigenvalue weighted by Gasteiger charge is -2.25. The first kappa shape index (κ1) is 33.4. The predicted molar refractivity (Wildman–Crippen MR) is 239 cm³/mol. The van der Waals surface area contributed by atoms with E-state index >= 15 is 0 Å². The third-order valence-corrected chi connectivity index (χ3v) is 10.9. The first-order valence-corrected chi connectivity index (χ1v) is 19.4. The fourth-order valence-electron chi connectivity index (χ4n) is 8.17. The lowest BCUT2D eigenvalue weighted by Crippen LogP contribution is -2.09. The van der Waals surface area contributed by atoms with Gasteiger partial charge in [-0.3, -0.25) is 0 Å². The molecule has 0 amide bonds. The van der Waals surface area contributed by atoms with Gasteiger partial charge < -0.3 is 9.32 Å². The lowest BCUT2D eigenvalue weighted by atomic mass is 10.0. The minimum atomic E-state index is 0.593. The zero-order valence-electron chi connectivity index (χ0n) is 31.3. The zero-order chi connectivity index (χ0) is 38.4. The predicted octanol–water partition coefficient (Wildman–Crippen LogP) is 14.2. The molecule has 0 fully saturated rings. The maximum absolute atomic E-state index is 6.62. The van der Waals surface area contributed by atoms with Gasteiger partial charge in [0.05, 0.1) is 0 Å². The normalized spacial score (nSPS) is 11.4. The summed E-state index contributed by atoms with van der Waals surface area (Å²) in [6.07, 6.45) is 0. The van der Waals surface area contributed by atoms with Gasteiger partial charge in [-0.1, -0.05) is 152 Å². The van der Waals surface area contributed by atoms with Crippen LogP contribution in [0.4, 0.5) is 17.1 Å². The van der Waals surface area contributed by atoms with Crippen molar-refractivity contribution in [2.24, 2.45) is 0 Å². The van der Waals surface area contributed by atoms with Gasteiger partial charge in [-0.15, -0.1) is 0 Å². The van der Waals surface area contributed by atoms with Crippen molar-refractivity contribution in [1.29, 1.82) is 0 Å². The van der Waals surface area contributed by atoms with Crippen molar-refractivity contribution in [3.63, 3.8) is 0 Å². The number of fused-ring (bicyclic) bond motifs is 5. The summed E-state index contributed by atoms with van der Waals surface area (Å²) in [4.78, 5) is 17.9. The van der Waals surface area contributed by atoms with E-state index in [0.29, 0.717) is 17.5 Å². The largest absolute Gasteiger partial charge is 0.456 e. The van der Waals surface area contributed by atoms with Gasteiger partial charge in [-0.25, -0.2) is 15.0 Å². The molecule has 0 N–H and O–H groups in total. The van der Waals surface area contributed by atoms with E-state index in [-0.39, 0.29) is 0 Å². The highest BCUT2D eigenvalue weighted by Gasteiger charge is 2.20. The van der Waals surface area contributed by atoms with Gasteiger partial charge in [0.2, 0.25) is 0 Å². The minimum Gasteiger partial charge on any atom is -0.456 e. The molecule has 0 radical (unpaired) electrons. The third-order valence-electron chi connectivity index (χ3n) is 10.9. The van der Waals surface area contributed by atoms with Crippen LogP contribution in [0.5, 0.6) is 0 Å². The fourth-order valence-corrected chi connectivity index (χ4v) is 8.17. The summed E-state index contributed by atoms with van der Waals surface area (Å²) in [6.45, 7) is 0. The molecule has 0 unspecified atom stereocenters. The Bertz CT molecular complexity index is 3140. The van der Waals surface area contributed by atoms with Crippen molar-refractivity contribution < 1.29 is 4.42 Å². The van der Waals surface area contributed by atoms with Gasteiger partial charge in [0.25, 0.3) is 0 Å². The van der Waals surface area contributed by atoms with Gasteiger partial charge in [-0.2, -0.15) is 0 Å². The van der Waals surface area contributed by atoms with E-state index in [0.717, 1.165) is 88.4 Å². The second kappa shape index (κ2) is 14.0. The van der Waals surface area contributed by atoms with E-state index in [2.05, 4.69) is 187 Å². The highest BCUT2D eigenvalue weighted by atomic mass is 16.3. The molecule has 2 aromatic heterocycles. The number of benzene rings is 9. The van der Waals surface area contributed by atoms with E-state index in [9.17, 15) is 0 Å². The van der Waals surface area contributed by atoms with Crippen LogP contribution in [0.25, 0.3) is 88.8 Å². The summed E-state index contributed by atoms with van der Waals surface area (Å²) in [7, 11) is 0. The molecule has 11 rings (SSSR count). The van der Waals surface area contributed by atoms with Gasteiger partial charge >= 0.3 is 0 Å². The van der Waals surface area contributed by atoms with E-state index in [1.165, 1.54) is 0 Å². The summed E-state index contributed by atoms with van der Waals surface area (Å²) >= 11 is 0. The maximum atomic E-state index is 6.62. The van der Waals surface area contributed by atoms with Crippen LogP contribution in [0.3, 0.4) is 0 Å². The van der Waals surface area contributed by atoms with Gasteiger partial charge in [0.1, 0.15) is 11.2 Å². The summed E-state index contributed by atoms with van der Waals surface area (Å²) < 4.78 is 6.62. The highest BCUT2D eigenvalue weighted by molar-refractivity contribution is 6.12. The Morgan fingerprint density at radius 3 is 1.40 bits per heavy atom. The first-order chi connectivity index (χ1) is 28.7. The van der Waals surface area contributed by atoms with Crippen LogP contribution < -0.4 is 4.90 Å². The van der Waals surface area contributed by atoms with Crippen LogP contribution in [-0.4, -0.2) is 15.0 Å². The second-order valence-electron chi connectivity index (χ2n) is 14.4. The van der Waals surface area contributed by atoms with Crippen LogP contribution in [-0.2, 0) is 0 Å². The van der Waals surface area contributed by atoms with E-state index in [4.69, 9.17) is 19.4 Å². The Kier molecular flexibility index (Phi) is 8.07. The standard InChI is InChI=1S/C53H34N4O/c1-3-18-39(19-4-1)57(40-20-5-2-6-21-40)41-31-28-35(29-32-41)38-30-33-46-49(34-38)58-48-27-13-26-47(50(46)48)53-55-51(44-24-11-16-36-14-7-9-22-42(36)44)54-52(56-53)45-25-12-17-37-15-8-10-23-43(37)45/h1-34H. The highest BCUT2D eigenvalue weighted by Crippen LogP contribution is 2.40. The molecule has 0 aliphatic heterocycles. The smallest absolute Gasteiger partial charge is 0.164 e. The second-order valence-corrected chi connectivity index (χ2v) is 14.4. The van der Waals surface area contributed by atoms with Gasteiger partial charge in [0, 0.05) is 44.5 Å². The topological polar surface area (TPSA) is 55.1 Å². The molecule has 2 heterocycles. The summed E-state index contributed by atoms with van der Waals surface area (Å²) in [5.41, 5.74) is 9.85. The number of aromatic nitrogens is 3. The van der Waals surface area contributed by atoms with E-state index in [1.807, 2.05) is 24.3 Å². The molecule has 58 heavy (non-hydrogen) atoms. The van der Waals surface area contributed by atoms with Crippen molar-refractivity contribution in [1.82, 2.24) is 15.0 Å². The number of para-hydroxylation sites is 2. The Morgan fingerprint density at radius 1 is 0.328 bits per heavy atom. The van der Waals surface area contributed by atoms with Crippen molar-refractivity contribution in [3.05, 3.63) is 206 Å². The van der Waals surface area contributed by atoms with Gasteiger partial charge in [-0.05, 0) is 87.3 Å². The molecule has 0 bridgehead atoms. The molecule has 0 saturated heterocycles. The van der Waals surface area contributed by atoms with Crippen LogP contribution in [0, 0.1) is 0 Å². The molecular weight excluding hydrogens is 709 g/mol. The lowest BCUT2D eigenvalue weighted by molar-refractivity contribution is 0.669. The first-order valence-electron chi connectivity index (χ1n) is 19.4. The summed E-state index contributed by atoms with van der Waals surface area (Å²) in [5.74, 6) is 1.84. The fraction of sp³-hybridized carbons (Fsp3) is 0. The molecule has 0 spiro atoms. The summed E-state index contributed by atoms with van der Waals surface area (Å²) in [6, 6.07) is 71.5. The van der Waals surface area contributed by atoms with E-state index in [1.54, 1.807) is 0 Å². The average molecular weight is 743 g/mol. The molecule has 0 aliphatic carbocycles. The van der Waals surface area contributed by atoms with Crippen molar-refractivity contribution in [3.8, 4) is 45.3 Å². The zero-order valence-corrected chi connectivity index (χ0v) is 31.3. The molecule has 0 atom stereocenters. The van der Waals surface area contributed by atoms with Crippen LogP contribution in [0.15, 0.2) is 211 Å². The number of nitrogens with zero attached hydrogens (tertiary/aromatic N) is 4. The Morgan fingerprint density at radius 2 is 0.793 bits per heavy atom. The molecular formula is C53H34N4O. The monoisotopic (exact) mass is 742 g/mol. The van der Waals surface area contributed by atoms with Crippen molar-refractivity contribution in [2.75, 3.05) is 4.90 Å². The molecule has 0 saturated carbocycles. The molecule has 9 aromatic carbocycles. The Hall–Kier alpha value is -7.89. The molecule has 272 valence electrons. The number of hydrogen-bond donors (Lipinski definition) is 0. The van der Waals surface area contributed by atoms with Gasteiger partial charge in [0.15, 0.2) is 17.5 Å². The van der Waals surface area contributed by atoms with E-state index < -0.39 is 0 Å². The van der Waals surface area contributed by atoms with Crippen molar-refractivity contribution >= 4 is 60.5 Å². The maximum Gasteiger partial charge on any atom is 0.164 e. The summed E-state index contributed by atoms with van der Waals surface area (Å²) in [5, 5.41) is 6.42. The van der Waals surface area contributed by atoms with Crippen LogP contribution in [0.1, 0.15) is 0 Å². The number of rotatable bonds is 7. The van der Waals surface area contributed by atoms with Crippen molar-refractivity contribution in [2.45, 2.75) is 0 Å². The number of anilines is 3. The quantitative estimate of drug-likeness (QED) is 0.163. The minimum absolute atomic E-state index is 0.593. The third kappa shape index (κ3) is 5.85. The number of furan rings is 1. The molecule has 5 nitrogen and oxygen atoms in total. The van der Waals surface area contributed by atoms with Crippen LogP contribution in [0.2, 0.25) is 0 Å². The molecule has 11 aromatic rings. The molecule has 0 aliphatic rings.